The predicted octanol–water partition coefficient (Wildman–Crippen LogP) is 3.43. The number of aryl methyl sites for hydroxylation is 1. The molecule has 2 N–H and O–H groups in total. The molecule has 2 heterocycles. The van der Waals surface area contributed by atoms with Gasteiger partial charge in [0.15, 0.2) is 10.8 Å². The number of hydrogen-bond acceptors (Lipinski definition) is 4. The van der Waals surface area contributed by atoms with Gasteiger partial charge in [0, 0.05) is 11.3 Å². The molecule has 94 valence electrons. The van der Waals surface area contributed by atoms with Gasteiger partial charge < -0.3 is 5.73 Å². The Kier molecular flexibility index (Phi) is 2.32. The smallest absolute Gasteiger partial charge is 0.182 e. The second-order valence-electron chi connectivity index (χ2n) is 4.84. The van der Waals surface area contributed by atoms with Crippen LogP contribution in [0.5, 0.6) is 0 Å². The van der Waals surface area contributed by atoms with Crippen molar-refractivity contribution in [1.29, 1.82) is 0 Å². The second kappa shape index (κ2) is 4.03. The number of pyridine rings is 1. The first-order valence-corrected chi connectivity index (χ1v) is 7.28. The predicted molar refractivity (Wildman–Crippen MR) is 79.3 cm³/mol. The van der Waals surface area contributed by atoms with E-state index in [1.807, 2.05) is 6.07 Å². The molecule has 1 aromatic carbocycles. The van der Waals surface area contributed by atoms with Gasteiger partial charge in [-0.15, -0.1) is 0 Å². The first-order valence-electron chi connectivity index (χ1n) is 6.46. The summed E-state index contributed by atoms with van der Waals surface area (Å²) >= 11 is 1.54. The summed E-state index contributed by atoms with van der Waals surface area (Å²) in [5.74, 6) is 0. The van der Waals surface area contributed by atoms with Crippen molar-refractivity contribution in [3.63, 3.8) is 0 Å². The normalized spacial score (nSPS) is 13.9. The number of anilines is 1. The summed E-state index contributed by atoms with van der Waals surface area (Å²) in [5.41, 5.74) is 11.8. The maximum Gasteiger partial charge on any atom is 0.182 e. The van der Waals surface area contributed by atoms with Crippen molar-refractivity contribution in [2.75, 3.05) is 5.73 Å². The number of benzene rings is 1. The van der Waals surface area contributed by atoms with E-state index < -0.39 is 0 Å². The number of nitrogens with zero attached hydrogens (tertiary/aromatic N) is 2. The topological polar surface area (TPSA) is 51.8 Å². The molecule has 0 radical (unpaired) electrons. The molecule has 1 aliphatic rings. The average Bonchev–Trinajstić information content (AvgIpc) is 3.01. The average molecular weight is 267 g/mol. The Hall–Kier alpha value is -1.94. The second-order valence-corrected chi connectivity index (χ2v) is 5.87. The molecule has 0 amide bonds. The Morgan fingerprint density at radius 2 is 1.89 bits per heavy atom. The number of thiazole rings is 1. The van der Waals surface area contributed by atoms with Crippen molar-refractivity contribution in [1.82, 2.24) is 9.97 Å². The molecule has 4 rings (SSSR count). The van der Waals surface area contributed by atoms with Gasteiger partial charge in [0.05, 0.1) is 4.70 Å². The van der Waals surface area contributed by atoms with Crippen molar-refractivity contribution in [3.8, 4) is 11.1 Å². The van der Waals surface area contributed by atoms with Crippen LogP contribution in [0.25, 0.3) is 21.5 Å². The van der Waals surface area contributed by atoms with E-state index in [0.717, 1.165) is 23.2 Å². The molecule has 0 spiro atoms. The number of rotatable bonds is 1. The van der Waals surface area contributed by atoms with Gasteiger partial charge >= 0.3 is 0 Å². The lowest BCUT2D eigenvalue weighted by molar-refractivity contribution is 0.901. The summed E-state index contributed by atoms with van der Waals surface area (Å²) in [7, 11) is 0. The maximum atomic E-state index is 5.86. The van der Waals surface area contributed by atoms with E-state index >= 15 is 0 Å². The van der Waals surface area contributed by atoms with E-state index in [0.29, 0.717) is 5.13 Å². The third-order valence-corrected chi connectivity index (χ3v) is 4.54. The largest absolute Gasteiger partial charge is 0.375 e. The fraction of sp³-hybridized carbons (Fsp3) is 0.200. The van der Waals surface area contributed by atoms with Gasteiger partial charge in [0.2, 0.25) is 0 Å². The lowest BCUT2D eigenvalue weighted by Gasteiger charge is -2.09. The van der Waals surface area contributed by atoms with Crippen LogP contribution in [0.4, 0.5) is 5.13 Å². The summed E-state index contributed by atoms with van der Waals surface area (Å²) in [6.07, 6.45) is 3.36. The van der Waals surface area contributed by atoms with Gasteiger partial charge in [-0.2, -0.15) is 0 Å². The molecule has 0 bridgehead atoms. The SMILES string of the molecule is Nc1nc2nc3c(c(-c4ccccc4)c2s1)CCC3. The number of aromatic nitrogens is 2. The molecule has 3 aromatic rings. The highest BCUT2D eigenvalue weighted by Crippen LogP contribution is 2.39. The van der Waals surface area contributed by atoms with E-state index in [1.165, 1.54) is 28.8 Å². The van der Waals surface area contributed by atoms with Crippen molar-refractivity contribution < 1.29 is 0 Å². The highest BCUT2D eigenvalue weighted by atomic mass is 32.1. The molecule has 19 heavy (non-hydrogen) atoms. The van der Waals surface area contributed by atoms with Crippen LogP contribution in [-0.2, 0) is 12.8 Å². The molecule has 3 nitrogen and oxygen atoms in total. The third-order valence-electron chi connectivity index (χ3n) is 3.65. The van der Waals surface area contributed by atoms with E-state index in [2.05, 4.69) is 34.2 Å². The van der Waals surface area contributed by atoms with Crippen molar-refractivity contribution in [3.05, 3.63) is 41.6 Å². The first kappa shape index (κ1) is 10.9. The van der Waals surface area contributed by atoms with Gasteiger partial charge in [0.1, 0.15) is 0 Å². The molecule has 0 unspecified atom stereocenters. The molecule has 1 aliphatic carbocycles. The van der Waals surface area contributed by atoms with Crippen LogP contribution >= 0.6 is 11.3 Å². The molecule has 2 aromatic heterocycles. The minimum absolute atomic E-state index is 0.600. The minimum atomic E-state index is 0.600. The third kappa shape index (κ3) is 1.64. The lowest BCUT2D eigenvalue weighted by Crippen LogP contribution is -1.94. The molecular weight excluding hydrogens is 254 g/mol. The number of fused-ring (bicyclic) bond motifs is 2. The van der Waals surface area contributed by atoms with Gasteiger partial charge in [0.25, 0.3) is 0 Å². The van der Waals surface area contributed by atoms with Crippen molar-refractivity contribution in [2.45, 2.75) is 19.3 Å². The Bertz CT molecular complexity index is 762. The zero-order valence-corrected chi connectivity index (χ0v) is 11.2. The fourth-order valence-corrected chi connectivity index (χ4v) is 3.73. The zero-order valence-electron chi connectivity index (χ0n) is 10.4. The van der Waals surface area contributed by atoms with Gasteiger partial charge in [-0.1, -0.05) is 41.7 Å². The van der Waals surface area contributed by atoms with Gasteiger partial charge in [-0.25, -0.2) is 9.97 Å². The number of nitrogen functional groups attached to an aromatic ring is 1. The first-order chi connectivity index (χ1) is 9.33. The Labute approximate surface area is 115 Å². The van der Waals surface area contributed by atoms with Gasteiger partial charge in [-0.3, -0.25) is 0 Å². The maximum absolute atomic E-state index is 5.86. The lowest BCUT2D eigenvalue weighted by atomic mass is 10.00. The standard InChI is InChI=1S/C15H13N3S/c16-15-18-14-13(19-15)12(9-5-2-1-3-6-9)10-7-4-8-11(10)17-14/h1-3,5-6H,4,7-8H2,(H2,16,17,18). The quantitative estimate of drug-likeness (QED) is 0.735. The van der Waals surface area contributed by atoms with Crippen LogP contribution in [0.2, 0.25) is 0 Å². The van der Waals surface area contributed by atoms with E-state index in [-0.39, 0.29) is 0 Å². The van der Waals surface area contributed by atoms with Crippen molar-refractivity contribution >= 4 is 26.8 Å². The van der Waals surface area contributed by atoms with E-state index in [9.17, 15) is 0 Å². The summed E-state index contributed by atoms with van der Waals surface area (Å²) < 4.78 is 1.13. The summed E-state index contributed by atoms with van der Waals surface area (Å²) in [6, 6.07) is 10.5. The van der Waals surface area contributed by atoms with Crippen LogP contribution in [-0.4, -0.2) is 9.97 Å². The highest BCUT2D eigenvalue weighted by molar-refractivity contribution is 7.22. The molecule has 0 saturated carbocycles. The summed E-state index contributed by atoms with van der Waals surface area (Å²) in [4.78, 5) is 9.04. The Balaban J connectivity index is 2.12. The fourth-order valence-electron chi connectivity index (χ4n) is 2.86. The van der Waals surface area contributed by atoms with Crippen LogP contribution in [0, 0.1) is 0 Å². The van der Waals surface area contributed by atoms with Gasteiger partial charge in [-0.05, 0) is 30.4 Å². The molecule has 0 aliphatic heterocycles. The zero-order chi connectivity index (χ0) is 12.8. The number of hydrogen-bond donors (Lipinski definition) is 1. The van der Waals surface area contributed by atoms with Crippen molar-refractivity contribution in [2.24, 2.45) is 0 Å². The van der Waals surface area contributed by atoms with Crippen LogP contribution < -0.4 is 5.73 Å². The Morgan fingerprint density at radius 3 is 2.74 bits per heavy atom. The number of nitrogens with two attached hydrogens (primary N) is 1. The van der Waals surface area contributed by atoms with Crippen LogP contribution in [0.1, 0.15) is 17.7 Å². The summed E-state index contributed by atoms with van der Waals surface area (Å²) in [5, 5.41) is 0.600. The molecule has 0 saturated heterocycles. The molecule has 4 heteroatoms. The van der Waals surface area contributed by atoms with E-state index in [4.69, 9.17) is 5.73 Å². The molecular formula is C15H13N3S. The monoisotopic (exact) mass is 267 g/mol. The molecule has 0 atom stereocenters. The summed E-state index contributed by atoms with van der Waals surface area (Å²) in [6.45, 7) is 0. The minimum Gasteiger partial charge on any atom is -0.375 e. The van der Waals surface area contributed by atoms with E-state index in [1.54, 1.807) is 11.3 Å². The van der Waals surface area contributed by atoms with Crippen LogP contribution in [0.15, 0.2) is 30.3 Å². The molecule has 0 fully saturated rings. The Morgan fingerprint density at radius 1 is 1.05 bits per heavy atom. The highest BCUT2D eigenvalue weighted by Gasteiger charge is 2.22. The van der Waals surface area contributed by atoms with Crippen LogP contribution in [0.3, 0.4) is 0 Å².